The summed E-state index contributed by atoms with van der Waals surface area (Å²) in [4.78, 5) is 26.9. The quantitative estimate of drug-likeness (QED) is 0.659. The van der Waals surface area contributed by atoms with Crippen molar-refractivity contribution in [1.82, 2.24) is 15.8 Å². The summed E-state index contributed by atoms with van der Waals surface area (Å²) in [5.74, 6) is -1.31. The van der Waals surface area contributed by atoms with Crippen LogP contribution in [0.3, 0.4) is 0 Å². The van der Waals surface area contributed by atoms with Crippen LogP contribution >= 0.6 is 12.2 Å². The summed E-state index contributed by atoms with van der Waals surface area (Å²) in [7, 11) is 0. The normalized spacial score (nSPS) is 21.7. The van der Waals surface area contributed by atoms with Gasteiger partial charge in [0.2, 0.25) is 5.91 Å². The van der Waals surface area contributed by atoms with Crippen molar-refractivity contribution in [3.63, 3.8) is 0 Å². The first-order valence-electron chi connectivity index (χ1n) is 10.3. The number of cyclic esters (lactones) is 1. The summed E-state index contributed by atoms with van der Waals surface area (Å²) in [5, 5.41) is 4.48. The molecule has 2 aliphatic heterocycles. The van der Waals surface area contributed by atoms with E-state index in [1.54, 1.807) is 4.90 Å². The highest BCUT2D eigenvalue weighted by Crippen LogP contribution is 2.33. The van der Waals surface area contributed by atoms with Gasteiger partial charge in [-0.15, -0.1) is 0 Å². The van der Waals surface area contributed by atoms with E-state index in [2.05, 4.69) is 10.7 Å². The zero-order valence-electron chi connectivity index (χ0n) is 17.2. The van der Waals surface area contributed by atoms with Crippen LogP contribution in [0.1, 0.15) is 19.8 Å². The van der Waals surface area contributed by atoms with E-state index in [1.807, 2.05) is 5.01 Å². The number of benzene rings is 1. The third-order valence-electron chi connectivity index (χ3n) is 5.55. The minimum Gasteiger partial charge on any atom is -0.442 e. The molecule has 0 radical (unpaired) electrons. The summed E-state index contributed by atoms with van der Waals surface area (Å²) in [6, 6.07) is 2.29. The maximum Gasteiger partial charge on any atom is 0.414 e. The fourth-order valence-corrected chi connectivity index (χ4v) is 4.19. The molecule has 0 spiro atoms. The SMILES string of the molecule is CC(=O)NC[C@H]1CN(c2cc(F)c(N3CCNN(C(=S)C4CC4)CC3)c(F)c2)C(=O)O1. The molecule has 2 N–H and O–H groups in total. The standard InChI is InChI=1S/C20H25F2N5O3S/c1-12(28)23-10-15-11-26(20(29)30-15)14-8-16(21)18(17(22)9-14)25-5-4-24-27(7-6-25)19(31)13-2-3-13/h8-9,13,15,24H,2-7,10-11H2,1H3,(H,23,28)/t15-/m0/s1. The topological polar surface area (TPSA) is 77.2 Å². The number of nitrogens with zero attached hydrogens (tertiary/aromatic N) is 3. The average Bonchev–Trinajstić information content (AvgIpc) is 3.52. The van der Waals surface area contributed by atoms with Crippen molar-refractivity contribution >= 4 is 40.6 Å². The van der Waals surface area contributed by atoms with Gasteiger partial charge in [-0.05, 0) is 12.8 Å². The van der Waals surface area contributed by atoms with Crippen molar-refractivity contribution < 1.29 is 23.1 Å². The van der Waals surface area contributed by atoms with Crippen LogP contribution in [-0.2, 0) is 9.53 Å². The summed E-state index contributed by atoms with van der Waals surface area (Å²) in [5.41, 5.74) is 3.20. The molecule has 1 aromatic rings. The van der Waals surface area contributed by atoms with Crippen molar-refractivity contribution in [1.29, 1.82) is 0 Å². The molecule has 11 heteroatoms. The average molecular weight is 454 g/mol. The lowest BCUT2D eigenvalue weighted by molar-refractivity contribution is -0.119. The predicted octanol–water partition coefficient (Wildman–Crippen LogP) is 1.79. The van der Waals surface area contributed by atoms with Crippen molar-refractivity contribution in [2.24, 2.45) is 5.92 Å². The molecule has 2 saturated heterocycles. The van der Waals surface area contributed by atoms with Gasteiger partial charge >= 0.3 is 6.09 Å². The number of rotatable bonds is 5. The third-order valence-corrected chi connectivity index (χ3v) is 6.11. The number of halogens is 2. The molecule has 8 nitrogen and oxygen atoms in total. The predicted molar refractivity (Wildman–Crippen MR) is 115 cm³/mol. The van der Waals surface area contributed by atoms with Crippen LogP contribution in [0.15, 0.2) is 12.1 Å². The maximum absolute atomic E-state index is 15.0. The zero-order chi connectivity index (χ0) is 22.1. The largest absolute Gasteiger partial charge is 0.442 e. The number of amides is 2. The number of hydrogen-bond donors (Lipinski definition) is 2. The van der Waals surface area contributed by atoms with Gasteiger partial charge in [-0.25, -0.2) is 19.0 Å². The first-order valence-corrected chi connectivity index (χ1v) is 10.8. The van der Waals surface area contributed by atoms with Crippen molar-refractivity contribution in [2.75, 3.05) is 49.1 Å². The molecule has 1 atom stereocenters. The van der Waals surface area contributed by atoms with E-state index >= 15 is 0 Å². The Morgan fingerprint density at radius 1 is 1.26 bits per heavy atom. The lowest BCUT2D eigenvalue weighted by Crippen LogP contribution is -2.43. The van der Waals surface area contributed by atoms with E-state index in [-0.39, 0.29) is 30.4 Å². The molecule has 0 bridgehead atoms. The number of carbonyl (C=O) groups is 2. The fourth-order valence-electron chi connectivity index (χ4n) is 3.80. The van der Waals surface area contributed by atoms with Gasteiger partial charge in [0.15, 0.2) is 11.6 Å². The number of carbonyl (C=O) groups excluding carboxylic acids is 2. The lowest BCUT2D eigenvalue weighted by Gasteiger charge is -2.25. The number of thiocarbonyl (C=S) groups is 1. The molecule has 2 heterocycles. The molecular formula is C20H25F2N5O3S. The van der Waals surface area contributed by atoms with Gasteiger partial charge in [0.25, 0.3) is 0 Å². The minimum atomic E-state index is -0.744. The Hall–Kier alpha value is -2.53. The lowest BCUT2D eigenvalue weighted by atomic mass is 10.2. The van der Waals surface area contributed by atoms with Crippen LogP contribution in [0.2, 0.25) is 0 Å². The van der Waals surface area contributed by atoms with E-state index in [4.69, 9.17) is 17.0 Å². The Balaban J connectivity index is 1.45. The molecule has 3 fully saturated rings. The van der Waals surface area contributed by atoms with Crippen LogP contribution in [0.5, 0.6) is 0 Å². The second-order valence-electron chi connectivity index (χ2n) is 7.97. The molecule has 0 unspecified atom stereocenters. The molecular weight excluding hydrogens is 428 g/mol. The second kappa shape index (κ2) is 8.91. The van der Waals surface area contributed by atoms with Crippen LogP contribution in [0.4, 0.5) is 25.0 Å². The van der Waals surface area contributed by atoms with Crippen LogP contribution in [0.25, 0.3) is 0 Å². The molecule has 2 amide bonds. The maximum atomic E-state index is 15.0. The van der Waals surface area contributed by atoms with E-state index in [0.29, 0.717) is 32.1 Å². The number of anilines is 2. The minimum absolute atomic E-state index is 0.0820. The monoisotopic (exact) mass is 453 g/mol. The Kier molecular flexibility index (Phi) is 6.24. The number of hydrogen-bond acceptors (Lipinski definition) is 6. The highest BCUT2D eigenvalue weighted by atomic mass is 32.1. The van der Waals surface area contributed by atoms with Gasteiger partial charge < -0.3 is 15.0 Å². The summed E-state index contributed by atoms with van der Waals surface area (Å²) >= 11 is 5.48. The first kappa shape index (κ1) is 21.7. The van der Waals surface area contributed by atoms with E-state index in [9.17, 15) is 18.4 Å². The van der Waals surface area contributed by atoms with Crippen molar-refractivity contribution in [3.8, 4) is 0 Å². The van der Waals surface area contributed by atoms with E-state index in [1.165, 1.54) is 11.8 Å². The highest BCUT2D eigenvalue weighted by Gasteiger charge is 2.34. The summed E-state index contributed by atoms with van der Waals surface area (Å²) in [6.45, 7) is 3.46. The highest BCUT2D eigenvalue weighted by molar-refractivity contribution is 7.80. The zero-order valence-corrected chi connectivity index (χ0v) is 18.0. The number of nitrogens with one attached hydrogen (secondary N) is 2. The number of ether oxygens (including phenoxy) is 1. The molecule has 3 aliphatic rings. The smallest absolute Gasteiger partial charge is 0.414 e. The molecule has 4 rings (SSSR count). The second-order valence-corrected chi connectivity index (χ2v) is 8.39. The van der Waals surface area contributed by atoms with Gasteiger partial charge in [-0.1, -0.05) is 12.2 Å². The van der Waals surface area contributed by atoms with E-state index in [0.717, 1.165) is 30.0 Å². The van der Waals surface area contributed by atoms with Crippen LogP contribution < -0.4 is 20.5 Å². The van der Waals surface area contributed by atoms with Crippen LogP contribution in [0, 0.1) is 17.6 Å². The first-order chi connectivity index (χ1) is 14.8. The molecule has 168 valence electrons. The fraction of sp³-hybridized carbons (Fsp3) is 0.550. The summed E-state index contributed by atoms with van der Waals surface area (Å²) in [6.07, 6.45) is 0.900. The van der Waals surface area contributed by atoms with E-state index < -0.39 is 23.8 Å². The molecule has 31 heavy (non-hydrogen) atoms. The number of hydrazine groups is 1. The van der Waals surface area contributed by atoms with Crippen molar-refractivity contribution in [2.45, 2.75) is 25.9 Å². The Morgan fingerprint density at radius 2 is 1.97 bits per heavy atom. The molecule has 1 aromatic carbocycles. The van der Waals surface area contributed by atoms with Gasteiger partial charge in [0, 0.05) is 44.6 Å². The van der Waals surface area contributed by atoms with Gasteiger partial charge in [0.1, 0.15) is 11.8 Å². The molecule has 0 aromatic heterocycles. The van der Waals surface area contributed by atoms with Crippen molar-refractivity contribution in [3.05, 3.63) is 23.8 Å². The van der Waals surface area contributed by atoms with Gasteiger partial charge in [0.05, 0.1) is 30.3 Å². The van der Waals surface area contributed by atoms with Crippen LogP contribution in [-0.4, -0.2) is 67.4 Å². The van der Waals surface area contributed by atoms with Gasteiger partial charge in [-0.2, -0.15) is 0 Å². The third kappa shape index (κ3) is 4.87. The van der Waals surface area contributed by atoms with Gasteiger partial charge in [-0.3, -0.25) is 14.7 Å². The Labute approximate surface area is 184 Å². The molecule has 1 aliphatic carbocycles. The Morgan fingerprint density at radius 3 is 2.61 bits per heavy atom. The molecule has 1 saturated carbocycles. The summed E-state index contributed by atoms with van der Waals surface area (Å²) < 4.78 is 35.1. The Bertz CT molecular complexity index is 875.